The predicted octanol–water partition coefficient (Wildman–Crippen LogP) is 4.59. The second-order valence-electron chi connectivity index (χ2n) is 6.39. The third-order valence-corrected chi connectivity index (χ3v) is 3.41. The van der Waals surface area contributed by atoms with Crippen LogP contribution in [0.3, 0.4) is 0 Å². The molecule has 2 N–H and O–H groups in total. The van der Waals surface area contributed by atoms with Crippen LogP contribution in [0, 0.1) is 12.7 Å². The molecule has 0 heterocycles. The maximum atomic E-state index is 13.8. The van der Waals surface area contributed by atoms with Crippen molar-refractivity contribution in [2.24, 2.45) is 0 Å². The Morgan fingerprint density at radius 3 is 2.43 bits per heavy atom. The first-order chi connectivity index (χ1) is 9.77. The van der Waals surface area contributed by atoms with Crippen molar-refractivity contribution in [2.45, 2.75) is 39.7 Å². The molecule has 0 radical (unpaired) electrons. The summed E-state index contributed by atoms with van der Waals surface area (Å²) in [6.45, 7) is 8.61. The van der Waals surface area contributed by atoms with Crippen LogP contribution in [-0.4, -0.2) is 0 Å². The van der Waals surface area contributed by atoms with E-state index >= 15 is 0 Å². The van der Waals surface area contributed by atoms with Gasteiger partial charge in [0.15, 0.2) is 0 Å². The fourth-order valence-electron chi connectivity index (χ4n) is 2.20. The van der Waals surface area contributed by atoms with Crippen molar-refractivity contribution in [3.05, 3.63) is 58.9 Å². The average molecular weight is 287 g/mol. The molecule has 0 spiro atoms. The molecule has 0 saturated carbocycles. The van der Waals surface area contributed by atoms with Gasteiger partial charge in [-0.2, -0.15) is 0 Å². The molecule has 0 saturated heterocycles. The summed E-state index contributed by atoms with van der Waals surface area (Å²) >= 11 is 0. The first kappa shape index (κ1) is 15.4. The lowest BCUT2D eigenvalue weighted by molar-refractivity contribution is 0.291. The minimum Gasteiger partial charge on any atom is -0.488 e. The van der Waals surface area contributed by atoms with Crippen molar-refractivity contribution in [1.29, 1.82) is 0 Å². The Morgan fingerprint density at radius 1 is 1.10 bits per heavy atom. The smallest absolute Gasteiger partial charge is 0.131 e. The summed E-state index contributed by atoms with van der Waals surface area (Å²) in [7, 11) is 0. The van der Waals surface area contributed by atoms with Crippen LogP contribution in [0.5, 0.6) is 5.75 Å². The minimum absolute atomic E-state index is 0.0251. The molecule has 0 atom stereocenters. The number of benzene rings is 2. The largest absolute Gasteiger partial charge is 0.488 e. The highest BCUT2D eigenvalue weighted by atomic mass is 19.1. The van der Waals surface area contributed by atoms with Crippen molar-refractivity contribution in [1.82, 2.24) is 0 Å². The minimum atomic E-state index is -0.333. The van der Waals surface area contributed by atoms with E-state index in [2.05, 4.69) is 32.9 Å². The number of ether oxygens (including phenoxy) is 1. The number of nitrogens with two attached hydrogens (primary N) is 1. The van der Waals surface area contributed by atoms with Gasteiger partial charge in [0.05, 0.1) is 0 Å². The summed E-state index contributed by atoms with van der Waals surface area (Å²) < 4.78 is 19.7. The molecular formula is C18H22FNO. The van der Waals surface area contributed by atoms with Gasteiger partial charge in [0.25, 0.3) is 0 Å². The molecule has 0 aromatic heterocycles. The van der Waals surface area contributed by atoms with Crippen LogP contribution in [-0.2, 0) is 12.0 Å². The van der Waals surface area contributed by atoms with Crippen molar-refractivity contribution in [3.63, 3.8) is 0 Å². The molecule has 0 unspecified atom stereocenters. The van der Waals surface area contributed by atoms with Gasteiger partial charge in [0, 0.05) is 11.3 Å². The monoisotopic (exact) mass is 287 g/mol. The molecule has 0 amide bonds. The van der Waals surface area contributed by atoms with Crippen molar-refractivity contribution < 1.29 is 9.13 Å². The van der Waals surface area contributed by atoms with E-state index in [1.54, 1.807) is 12.1 Å². The molecule has 21 heavy (non-hydrogen) atoms. The summed E-state index contributed by atoms with van der Waals surface area (Å²) in [5.74, 6) is 0.471. The molecule has 2 aromatic rings. The third-order valence-electron chi connectivity index (χ3n) is 3.41. The molecule has 112 valence electrons. The van der Waals surface area contributed by atoms with Gasteiger partial charge in [-0.3, -0.25) is 0 Å². The maximum Gasteiger partial charge on any atom is 0.131 e. The van der Waals surface area contributed by atoms with E-state index in [-0.39, 0.29) is 17.8 Å². The lowest BCUT2D eigenvalue weighted by Gasteiger charge is -2.23. The van der Waals surface area contributed by atoms with Crippen LogP contribution in [0.1, 0.15) is 37.5 Å². The van der Waals surface area contributed by atoms with Crippen LogP contribution < -0.4 is 10.5 Å². The second-order valence-corrected chi connectivity index (χ2v) is 6.39. The SMILES string of the molecule is Cc1ccc(C(C)(C)C)c(OCc2ccc(N)cc2F)c1. The Balaban J connectivity index is 2.25. The van der Waals surface area contributed by atoms with E-state index in [4.69, 9.17) is 10.5 Å². The van der Waals surface area contributed by atoms with Gasteiger partial charge in [-0.05, 0) is 41.7 Å². The highest BCUT2D eigenvalue weighted by molar-refractivity contribution is 5.42. The second kappa shape index (κ2) is 5.76. The molecule has 0 aliphatic carbocycles. The molecule has 0 aliphatic heterocycles. The average Bonchev–Trinajstić information content (AvgIpc) is 2.36. The highest BCUT2D eigenvalue weighted by Gasteiger charge is 2.19. The van der Waals surface area contributed by atoms with Gasteiger partial charge >= 0.3 is 0 Å². The zero-order valence-corrected chi connectivity index (χ0v) is 13.0. The fourth-order valence-corrected chi connectivity index (χ4v) is 2.20. The van der Waals surface area contributed by atoms with E-state index < -0.39 is 0 Å². The normalized spacial score (nSPS) is 11.5. The molecule has 0 aliphatic rings. The number of aryl methyl sites for hydroxylation is 1. The number of hydrogen-bond acceptors (Lipinski definition) is 2. The Bertz CT molecular complexity index is 644. The number of rotatable bonds is 3. The van der Waals surface area contributed by atoms with E-state index in [0.29, 0.717) is 11.3 Å². The van der Waals surface area contributed by atoms with Gasteiger partial charge in [0.2, 0.25) is 0 Å². The van der Waals surface area contributed by atoms with Crippen LogP contribution >= 0.6 is 0 Å². The van der Waals surface area contributed by atoms with E-state index in [1.165, 1.54) is 6.07 Å². The summed E-state index contributed by atoms with van der Waals surface area (Å²) in [6, 6.07) is 10.8. The lowest BCUT2D eigenvalue weighted by atomic mass is 9.86. The summed E-state index contributed by atoms with van der Waals surface area (Å²) in [5.41, 5.74) is 8.69. The Kier molecular flexibility index (Phi) is 4.21. The summed E-state index contributed by atoms with van der Waals surface area (Å²) in [4.78, 5) is 0. The van der Waals surface area contributed by atoms with Crippen molar-refractivity contribution in [2.75, 3.05) is 5.73 Å². The molecule has 2 aromatic carbocycles. The number of hydrogen-bond donors (Lipinski definition) is 1. The first-order valence-corrected chi connectivity index (χ1v) is 7.05. The number of anilines is 1. The predicted molar refractivity (Wildman–Crippen MR) is 85.0 cm³/mol. The van der Waals surface area contributed by atoms with Crippen molar-refractivity contribution >= 4 is 5.69 Å². The third kappa shape index (κ3) is 3.75. The standard InChI is InChI=1S/C18H22FNO/c1-12-5-8-15(18(2,3)4)17(9-12)21-11-13-6-7-14(20)10-16(13)19/h5-10H,11,20H2,1-4H3. The molecule has 2 nitrogen and oxygen atoms in total. The van der Waals surface area contributed by atoms with Gasteiger partial charge in [-0.25, -0.2) is 4.39 Å². The Labute approximate surface area is 125 Å². The van der Waals surface area contributed by atoms with Crippen LogP contribution in [0.2, 0.25) is 0 Å². The molecule has 0 fully saturated rings. The summed E-state index contributed by atoms with van der Waals surface area (Å²) in [6.07, 6.45) is 0. The number of halogens is 1. The fraction of sp³-hybridized carbons (Fsp3) is 0.333. The topological polar surface area (TPSA) is 35.2 Å². The van der Waals surface area contributed by atoms with Gasteiger partial charge in [-0.1, -0.05) is 39.0 Å². The van der Waals surface area contributed by atoms with Gasteiger partial charge in [-0.15, -0.1) is 0 Å². The Morgan fingerprint density at radius 2 is 1.81 bits per heavy atom. The van der Waals surface area contributed by atoms with Crippen LogP contribution in [0.4, 0.5) is 10.1 Å². The zero-order chi connectivity index (χ0) is 15.6. The van der Waals surface area contributed by atoms with Crippen LogP contribution in [0.15, 0.2) is 36.4 Å². The lowest BCUT2D eigenvalue weighted by Crippen LogP contribution is -2.13. The van der Waals surface area contributed by atoms with E-state index in [0.717, 1.165) is 16.9 Å². The number of nitrogen functional groups attached to an aromatic ring is 1. The zero-order valence-electron chi connectivity index (χ0n) is 13.0. The van der Waals surface area contributed by atoms with E-state index in [9.17, 15) is 4.39 Å². The summed E-state index contributed by atoms with van der Waals surface area (Å²) in [5, 5.41) is 0. The quantitative estimate of drug-likeness (QED) is 0.838. The van der Waals surface area contributed by atoms with Crippen molar-refractivity contribution in [3.8, 4) is 5.75 Å². The highest BCUT2D eigenvalue weighted by Crippen LogP contribution is 2.32. The van der Waals surface area contributed by atoms with Gasteiger partial charge < -0.3 is 10.5 Å². The maximum absolute atomic E-state index is 13.8. The van der Waals surface area contributed by atoms with Crippen LogP contribution in [0.25, 0.3) is 0 Å². The molecule has 2 rings (SSSR count). The van der Waals surface area contributed by atoms with E-state index in [1.807, 2.05) is 13.0 Å². The molecule has 0 bridgehead atoms. The molecule has 3 heteroatoms. The Hall–Kier alpha value is -2.03. The first-order valence-electron chi connectivity index (χ1n) is 7.05. The van der Waals surface area contributed by atoms with Gasteiger partial charge in [0.1, 0.15) is 18.2 Å². The molecular weight excluding hydrogens is 265 g/mol.